The Hall–Kier alpha value is -0.910. The topological polar surface area (TPSA) is 84.3 Å². The molecule has 5 heteroatoms. The highest BCUT2D eigenvalue weighted by Gasteiger charge is 2.19. The Kier molecular flexibility index (Phi) is 16.9. The van der Waals surface area contributed by atoms with Crippen LogP contribution in [-0.4, -0.2) is 19.8 Å². The lowest BCUT2D eigenvalue weighted by molar-refractivity contribution is 0.246. The van der Waals surface area contributed by atoms with Crippen molar-refractivity contribution < 1.29 is 10.2 Å². The molecule has 1 rings (SSSR count). The number of aryl methyl sites for hydroxylation is 1. The SMILES string of the molecule is CCCCCCCCCCCCCCCCCc1nc(CO)c(CO)n1C(N)CCC. The average molecular weight is 438 g/mol. The first-order valence-electron chi connectivity index (χ1n) is 13.3. The van der Waals surface area contributed by atoms with Gasteiger partial charge in [0.2, 0.25) is 0 Å². The summed E-state index contributed by atoms with van der Waals surface area (Å²) >= 11 is 0. The van der Waals surface area contributed by atoms with Crippen LogP contribution in [0.5, 0.6) is 0 Å². The maximum absolute atomic E-state index is 9.74. The van der Waals surface area contributed by atoms with Crippen LogP contribution in [0.1, 0.15) is 146 Å². The van der Waals surface area contributed by atoms with Gasteiger partial charge in [-0.15, -0.1) is 0 Å². The first kappa shape index (κ1) is 28.1. The fourth-order valence-electron chi connectivity index (χ4n) is 4.51. The zero-order valence-corrected chi connectivity index (χ0v) is 20.6. The Morgan fingerprint density at radius 3 is 1.61 bits per heavy atom. The van der Waals surface area contributed by atoms with Crippen LogP contribution >= 0.6 is 0 Å². The Balaban J connectivity index is 2.14. The number of nitrogens with two attached hydrogens (primary N) is 1. The summed E-state index contributed by atoms with van der Waals surface area (Å²) in [4.78, 5) is 4.58. The highest BCUT2D eigenvalue weighted by atomic mass is 16.3. The molecule has 0 saturated carbocycles. The van der Waals surface area contributed by atoms with E-state index in [1.54, 1.807) is 0 Å². The van der Waals surface area contributed by atoms with Crippen molar-refractivity contribution in [2.24, 2.45) is 5.73 Å². The second-order valence-corrected chi connectivity index (χ2v) is 9.16. The smallest absolute Gasteiger partial charge is 0.110 e. The van der Waals surface area contributed by atoms with Gasteiger partial charge in [0, 0.05) is 6.42 Å². The van der Waals surface area contributed by atoms with E-state index in [0.717, 1.165) is 31.5 Å². The van der Waals surface area contributed by atoms with Crippen molar-refractivity contribution in [3.8, 4) is 0 Å². The average Bonchev–Trinajstić information content (AvgIpc) is 3.14. The number of aromatic nitrogens is 2. The largest absolute Gasteiger partial charge is 0.390 e. The molecule has 0 amide bonds. The van der Waals surface area contributed by atoms with E-state index in [1.165, 1.54) is 89.9 Å². The highest BCUT2D eigenvalue weighted by Crippen LogP contribution is 2.21. The number of hydrogen-bond acceptors (Lipinski definition) is 4. The van der Waals surface area contributed by atoms with E-state index in [0.29, 0.717) is 11.4 Å². The molecule has 1 atom stereocenters. The van der Waals surface area contributed by atoms with Crippen LogP contribution in [0.2, 0.25) is 0 Å². The predicted octanol–water partition coefficient (Wildman–Crippen LogP) is 6.54. The summed E-state index contributed by atoms with van der Waals surface area (Å²) in [5.41, 5.74) is 7.59. The monoisotopic (exact) mass is 437 g/mol. The lowest BCUT2D eigenvalue weighted by atomic mass is 10.0. The molecule has 0 spiro atoms. The molecule has 0 aliphatic rings. The molecule has 0 radical (unpaired) electrons. The molecular formula is C26H51N3O2. The van der Waals surface area contributed by atoms with Gasteiger partial charge in [-0.1, -0.05) is 110 Å². The van der Waals surface area contributed by atoms with Crippen LogP contribution in [0.3, 0.4) is 0 Å². The molecule has 1 heterocycles. The Morgan fingerprint density at radius 1 is 0.710 bits per heavy atom. The normalized spacial score (nSPS) is 12.5. The number of rotatable bonds is 21. The van der Waals surface area contributed by atoms with E-state index >= 15 is 0 Å². The van der Waals surface area contributed by atoms with Crippen molar-refractivity contribution in [3.63, 3.8) is 0 Å². The van der Waals surface area contributed by atoms with Crippen molar-refractivity contribution >= 4 is 0 Å². The van der Waals surface area contributed by atoms with E-state index in [-0.39, 0.29) is 19.4 Å². The van der Waals surface area contributed by atoms with Crippen LogP contribution in [0.25, 0.3) is 0 Å². The second kappa shape index (κ2) is 18.6. The highest BCUT2D eigenvalue weighted by molar-refractivity contribution is 5.17. The molecule has 0 bridgehead atoms. The third-order valence-corrected chi connectivity index (χ3v) is 6.39. The number of aliphatic hydroxyl groups excluding tert-OH is 2. The van der Waals surface area contributed by atoms with Gasteiger partial charge < -0.3 is 20.5 Å². The third-order valence-electron chi connectivity index (χ3n) is 6.39. The molecule has 1 aromatic rings. The maximum atomic E-state index is 9.74. The Labute approximate surface area is 191 Å². The number of imidazole rings is 1. The molecule has 1 aromatic heterocycles. The molecule has 1 unspecified atom stereocenters. The molecule has 0 aliphatic carbocycles. The molecule has 182 valence electrons. The van der Waals surface area contributed by atoms with E-state index in [9.17, 15) is 10.2 Å². The second-order valence-electron chi connectivity index (χ2n) is 9.16. The summed E-state index contributed by atoms with van der Waals surface area (Å²) in [6, 6.07) is 0. The number of hydrogen-bond donors (Lipinski definition) is 3. The van der Waals surface area contributed by atoms with Gasteiger partial charge in [-0.2, -0.15) is 0 Å². The van der Waals surface area contributed by atoms with Gasteiger partial charge in [0.15, 0.2) is 0 Å². The summed E-state index contributed by atoms with van der Waals surface area (Å²) in [7, 11) is 0. The quantitative estimate of drug-likeness (QED) is 0.191. The van der Waals surface area contributed by atoms with E-state index < -0.39 is 0 Å². The standard InChI is InChI=1S/C26H51N3O2/c1-3-5-6-7-8-9-10-11-12-13-14-15-16-17-18-20-26-28-23(21-30)24(22-31)29(26)25(27)19-4-2/h25,30-31H,3-22,27H2,1-2H3. The first-order valence-corrected chi connectivity index (χ1v) is 13.3. The van der Waals surface area contributed by atoms with Crippen LogP contribution in [0.15, 0.2) is 0 Å². The molecule has 0 saturated heterocycles. The van der Waals surface area contributed by atoms with Gasteiger partial charge in [0.25, 0.3) is 0 Å². The maximum Gasteiger partial charge on any atom is 0.110 e. The zero-order valence-electron chi connectivity index (χ0n) is 20.6. The molecule has 31 heavy (non-hydrogen) atoms. The fourth-order valence-corrected chi connectivity index (χ4v) is 4.51. The summed E-state index contributed by atoms with van der Waals surface area (Å²) in [6.45, 7) is 4.12. The molecule has 0 fully saturated rings. The lowest BCUT2D eigenvalue weighted by Gasteiger charge is -2.18. The van der Waals surface area contributed by atoms with Crippen LogP contribution in [0.4, 0.5) is 0 Å². The molecule has 5 nitrogen and oxygen atoms in total. The van der Waals surface area contributed by atoms with Gasteiger partial charge in [0.05, 0.1) is 30.8 Å². The van der Waals surface area contributed by atoms with Gasteiger partial charge in [0.1, 0.15) is 5.82 Å². The number of unbranched alkanes of at least 4 members (excludes halogenated alkanes) is 14. The summed E-state index contributed by atoms with van der Waals surface area (Å²) in [5.74, 6) is 0.920. The van der Waals surface area contributed by atoms with Crippen molar-refractivity contribution in [2.45, 2.75) is 149 Å². The van der Waals surface area contributed by atoms with Gasteiger partial charge in [-0.05, 0) is 12.8 Å². The van der Waals surface area contributed by atoms with Crippen molar-refractivity contribution in [1.82, 2.24) is 9.55 Å². The van der Waals surface area contributed by atoms with Crippen LogP contribution < -0.4 is 5.73 Å². The van der Waals surface area contributed by atoms with Crippen LogP contribution in [-0.2, 0) is 19.6 Å². The number of nitrogens with zero attached hydrogens (tertiary/aromatic N) is 2. The summed E-state index contributed by atoms with van der Waals surface area (Å²) < 4.78 is 1.97. The van der Waals surface area contributed by atoms with Crippen molar-refractivity contribution in [2.75, 3.05) is 0 Å². The molecule has 0 aromatic carbocycles. The van der Waals surface area contributed by atoms with E-state index in [4.69, 9.17) is 5.73 Å². The first-order chi connectivity index (χ1) is 15.2. The van der Waals surface area contributed by atoms with E-state index in [2.05, 4.69) is 18.8 Å². The number of aliphatic hydroxyl groups is 2. The Bertz CT molecular complexity index is 545. The third kappa shape index (κ3) is 11.5. The van der Waals surface area contributed by atoms with Crippen molar-refractivity contribution in [1.29, 1.82) is 0 Å². The minimum Gasteiger partial charge on any atom is -0.390 e. The molecule has 0 aliphatic heterocycles. The minimum absolute atomic E-state index is 0.126. The van der Waals surface area contributed by atoms with Gasteiger partial charge >= 0.3 is 0 Å². The van der Waals surface area contributed by atoms with Crippen LogP contribution in [0, 0.1) is 0 Å². The van der Waals surface area contributed by atoms with Gasteiger partial charge in [-0.25, -0.2) is 4.98 Å². The zero-order chi connectivity index (χ0) is 22.7. The minimum atomic E-state index is -0.175. The van der Waals surface area contributed by atoms with E-state index in [1.807, 2.05) is 4.57 Å². The molecular weight excluding hydrogens is 386 g/mol. The van der Waals surface area contributed by atoms with Gasteiger partial charge in [-0.3, -0.25) is 0 Å². The fraction of sp³-hybridized carbons (Fsp3) is 0.885. The predicted molar refractivity (Wildman–Crippen MR) is 131 cm³/mol. The summed E-state index contributed by atoms with van der Waals surface area (Å²) in [6.07, 6.45) is 22.8. The lowest BCUT2D eigenvalue weighted by Crippen LogP contribution is -2.23. The molecule has 4 N–H and O–H groups in total. The summed E-state index contributed by atoms with van der Waals surface area (Å²) in [5, 5.41) is 19.3. The van der Waals surface area contributed by atoms with Crippen molar-refractivity contribution in [3.05, 3.63) is 17.2 Å². The Morgan fingerprint density at radius 2 is 1.19 bits per heavy atom.